The fraction of sp³-hybridized carbons (Fsp3) is 0.319. The third kappa shape index (κ3) is 9.82. The maximum atomic E-state index is 14.1. The second-order valence-corrected chi connectivity index (χ2v) is 16.6. The largest absolute Gasteiger partial charge is 0.489 e. The molecular weight excluding hydrogens is 819 g/mol. The van der Waals surface area contributed by atoms with E-state index in [1.54, 1.807) is 48.7 Å². The van der Waals surface area contributed by atoms with E-state index in [1.165, 1.54) is 4.90 Å². The van der Waals surface area contributed by atoms with E-state index in [-0.39, 0.29) is 38.1 Å². The molecule has 3 atom stereocenters. The quantitative estimate of drug-likeness (QED) is 0.112. The number of amides is 3. The Hall–Kier alpha value is -5.98. The van der Waals surface area contributed by atoms with Crippen LogP contribution >= 0.6 is 23.2 Å². The van der Waals surface area contributed by atoms with Crippen LogP contribution in [-0.2, 0) is 35.6 Å². The van der Waals surface area contributed by atoms with Gasteiger partial charge in [-0.05, 0) is 109 Å². The molecule has 0 radical (unpaired) electrons. The lowest BCUT2D eigenvalue weighted by molar-refractivity contribution is -0.142. The van der Waals surface area contributed by atoms with Crippen molar-refractivity contribution in [1.29, 1.82) is 0 Å². The van der Waals surface area contributed by atoms with Crippen molar-refractivity contribution in [2.45, 2.75) is 89.8 Å². The minimum atomic E-state index is -1.24. The molecule has 61 heavy (non-hydrogen) atoms. The summed E-state index contributed by atoms with van der Waals surface area (Å²) in [7, 11) is 0. The Balaban J connectivity index is 0.951. The molecule has 12 nitrogen and oxygen atoms in total. The van der Waals surface area contributed by atoms with Crippen molar-refractivity contribution in [2.75, 3.05) is 6.61 Å². The number of carbonyl (C=O) groups is 3. The molecule has 0 bridgehead atoms. The Labute approximate surface area is 364 Å². The number of pyridine rings is 1. The van der Waals surface area contributed by atoms with Gasteiger partial charge in [-0.2, -0.15) is 0 Å². The number of carboxylic acid groups (broad SMARTS) is 1. The Kier molecular flexibility index (Phi) is 12.5. The number of carboxylic acids is 1. The summed E-state index contributed by atoms with van der Waals surface area (Å²) < 4.78 is 24.7. The molecule has 1 unspecified atom stereocenters. The monoisotopic (exact) mass is 864 g/mol. The number of carbonyl (C=O) groups excluding carboxylic acids is 2. The van der Waals surface area contributed by atoms with Crippen LogP contribution in [0.2, 0.25) is 10.0 Å². The first-order valence-electron chi connectivity index (χ1n) is 20.4. The number of nitrogens with zero attached hydrogens (tertiary/aromatic N) is 2. The number of ether oxygens (including phenoxy) is 4. The van der Waals surface area contributed by atoms with Gasteiger partial charge in [-0.15, -0.1) is 0 Å². The lowest BCUT2D eigenvalue weighted by Crippen LogP contribution is -2.58. The summed E-state index contributed by atoms with van der Waals surface area (Å²) in [5.41, 5.74) is 5.90. The number of aliphatic carboxylic acids is 1. The summed E-state index contributed by atoms with van der Waals surface area (Å²) in [6.07, 6.45) is 5.25. The third-order valence-corrected chi connectivity index (χ3v) is 12.3. The molecule has 316 valence electrons. The summed E-state index contributed by atoms with van der Waals surface area (Å²) in [6, 6.07) is 23.0. The average molecular weight is 866 g/mol. The normalized spacial score (nSPS) is 17.5. The Morgan fingerprint density at radius 2 is 1.61 bits per heavy atom. The summed E-state index contributed by atoms with van der Waals surface area (Å²) in [5, 5.41) is 17.1. The molecule has 3 heterocycles. The van der Waals surface area contributed by atoms with E-state index in [1.807, 2.05) is 56.3 Å². The topological polar surface area (TPSA) is 149 Å². The van der Waals surface area contributed by atoms with E-state index in [0.29, 0.717) is 51.0 Å². The highest BCUT2D eigenvalue weighted by atomic mass is 35.5. The molecule has 4 aromatic carbocycles. The Morgan fingerprint density at radius 3 is 2.34 bits per heavy atom. The minimum Gasteiger partial charge on any atom is -0.489 e. The van der Waals surface area contributed by atoms with Gasteiger partial charge in [-0.25, -0.2) is 9.59 Å². The van der Waals surface area contributed by atoms with Gasteiger partial charge in [0.05, 0.1) is 10.0 Å². The number of fused-ring (bicyclic) bond motifs is 2. The van der Waals surface area contributed by atoms with Crippen molar-refractivity contribution >= 4 is 41.1 Å². The smallest absolute Gasteiger partial charge is 0.326 e. The van der Waals surface area contributed by atoms with E-state index in [9.17, 15) is 19.5 Å². The fourth-order valence-electron chi connectivity index (χ4n) is 7.92. The van der Waals surface area contributed by atoms with Crippen molar-refractivity contribution in [2.24, 2.45) is 0 Å². The molecule has 3 amide bonds. The maximum absolute atomic E-state index is 14.1. The molecule has 1 saturated carbocycles. The van der Waals surface area contributed by atoms with Crippen molar-refractivity contribution in [3.05, 3.63) is 140 Å². The standard InChI is InChI=1S/C47H46Cl2N4O8/c1-27-28(2)50-18-17-41(27)60-36-12-7-29(8-13-36)20-39(46(55)56)52-45(54)40-21-32-22-42-43(23-33(32)24-53(40)47(57)51-34-5-3-4-6-34)61-44(26-59-42)31-10-14-35(15-11-31)58-25-30-9-16-37(48)38(49)19-30/h7-19,22-23,34,39-40,44H,3-6,20-21,24-26H2,1-2H3,(H,51,57)(H,52,54)(H,55,56)/t39-,40-,44?/m0/s1. The van der Waals surface area contributed by atoms with Crippen molar-refractivity contribution in [3.63, 3.8) is 0 Å². The first-order valence-corrected chi connectivity index (χ1v) is 21.1. The van der Waals surface area contributed by atoms with Crippen molar-refractivity contribution < 1.29 is 38.4 Å². The number of benzene rings is 4. The number of nitrogens with one attached hydrogen (secondary N) is 2. The highest BCUT2D eigenvalue weighted by Gasteiger charge is 2.38. The van der Waals surface area contributed by atoms with Gasteiger partial charge in [0.15, 0.2) is 17.6 Å². The van der Waals surface area contributed by atoms with Gasteiger partial charge in [0, 0.05) is 42.9 Å². The number of urea groups is 1. The average Bonchev–Trinajstić information content (AvgIpc) is 3.78. The molecule has 0 spiro atoms. The maximum Gasteiger partial charge on any atom is 0.326 e. The van der Waals surface area contributed by atoms with Gasteiger partial charge in [-0.1, -0.05) is 66.4 Å². The van der Waals surface area contributed by atoms with Gasteiger partial charge in [-0.3, -0.25) is 9.78 Å². The third-order valence-electron chi connectivity index (χ3n) is 11.6. The van der Waals surface area contributed by atoms with Crippen LogP contribution in [0.1, 0.15) is 70.9 Å². The first kappa shape index (κ1) is 41.7. The van der Waals surface area contributed by atoms with Gasteiger partial charge in [0.2, 0.25) is 5.91 Å². The van der Waals surface area contributed by atoms with E-state index in [2.05, 4.69) is 15.6 Å². The SMILES string of the molecule is Cc1nccc(Oc2ccc(C[C@H](NC(=O)[C@@H]3Cc4cc5c(cc4CN3C(=O)NC3CCCC3)OC(c3ccc(OCc4ccc(Cl)c(Cl)c4)cc3)CO5)C(=O)O)cc2)c1C. The lowest BCUT2D eigenvalue weighted by atomic mass is 9.92. The summed E-state index contributed by atoms with van der Waals surface area (Å²) in [4.78, 5) is 46.4. The molecule has 5 aromatic rings. The molecule has 0 saturated heterocycles. The Morgan fingerprint density at radius 1 is 0.885 bits per heavy atom. The minimum absolute atomic E-state index is 0.0107. The van der Waals surface area contributed by atoms with Crippen LogP contribution in [0.3, 0.4) is 0 Å². The zero-order chi connectivity index (χ0) is 42.6. The van der Waals surface area contributed by atoms with Crippen molar-refractivity contribution in [3.8, 4) is 28.7 Å². The molecule has 8 rings (SSSR count). The van der Waals surface area contributed by atoms with Crippen LogP contribution in [-0.4, -0.2) is 57.6 Å². The van der Waals surface area contributed by atoms with Crippen LogP contribution in [0.25, 0.3) is 0 Å². The highest BCUT2D eigenvalue weighted by molar-refractivity contribution is 6.42. The molecule has 14 heteroatoms. The molecule has 2 aliphatic heterocycles. The van der Waals surface area contributed by atoms with Gasteiger partial charge < -0.3 is 39.6 Å². The zero-order valence-electron chi connectivity index (χ0n) is 33.8. The molecule has 3 aliphatic rings. The lowest BCUT2D eigenvalue weighted by Gasteiger charge is -2.38. The molecular formula is C47H46Cl2N4O8. The zero-order valence-corrected chi connectivity index (χ0v) is 35.3. The fourth-order valence-corrected chi connectivity index (χ4v) is 8.24. The summed E-state index contributed by atoms with van der Waals surface area (Å²) in [6.45, 7) is 4.55. The van der Waals surface area contributed by atoms with E-state index >= 15 is 0 Å². The van der Waals surface area contributed by atoms with E-state index < -0.39 is 30.1 Å². The molecule has 3 N–H and O–H groups in total. The number of aryl methyl sites for hydroxylation is 1. The molecule has 1 aliphatic carbocycles. The first-order chi connectivity index (χ1) is 29.5. The van der Waals surface area contributed by atoms with Crippen molar-refractivity contribution in [1.82, 2.24) is 20.5 Å². The molecule has 1 fully saturated rings. The second kappa shape index (κ2) is 18.3. The number of hydrogen-bond donors (Lipinski definition) is 3. The van der Waals surface area contributed by atoms with Gasteiger partial charge in [0.25, 0.3) is 0 Å². The second-order valence-electron chi connectivity index (χ2n) is 15.7. The van der Waals surface area contributed by atoms with Crippen LogP contribution in [0.5, 0.6) is 28.7 Å². The van der Waals surface area contributed by atoms with Crippen LogP contribution < -0.4 is 29.6 Å². The van der Waals surface area contributed by atoms with Crippen LogP contribution in [0.4, 0.5) is 4.79 Å². The van der Waals surface area contributed by atoms with Crippen LogP contribution in [0.15, 0.2) is 91.1 Å². The van der Waals surface area contributed by atoms with Gasteiger partial charge in [0.1, 0.15) is 42.5 Å². The highest BCUT2D eigenvalue weighted by Crippen LogP contribution is 2.41. The number of hydrogen-bond acceptors (Lipinski definition) is 8. The van der Waals surface area contributed by atoms with E-state index in [0.717, 1.165) is 59.2 Å². The number of halogens is 2. The van der Waals surface area contributed by atoms with Gasteiger partial charge >= 0.3 is 12.0 Å². The predicted molar refractivity (Wildman–Crippen MR) is 230 cm³/mol. The number of aromatic nitrogens is 1. The van der Waals surface area contributed by atoms with Crippen LogP contribution in [0, 0.1) is 13.8 Å². The summed E-state index contributed by atoms with van der Waals surface area (Å²) >= 11 is 12.2. The summed E-state index contributed by atoms with van der Waals surface area (Å²) in [5.74, 6) is 1.27. The predicted octanol–water partition coefficient (Wildman–Crippen LogP) is 9.08. The Bertz CT molecular complexity index is 2420. The number of rotatable bonds is 12. The van der Waals surface area contributed by atoms with E-state index in [4.69, 9.17) is 42.1 Å². The molecule has 1 aromatic heterocycles.